The topological polar surface area (TPSA) is 66.2 Å². The molecule has 0 radical (unpaired) electrons. The van der Waals surface area contributed by atoms with Gasteiger partial charge in [0.15, 0.2) is 0 Å². The van der Waals surface area contributed by atoms with Gasteiger partial charge in [-0.05, 0) is 0 Å². The van der Waals surface area contributed by atoms with E-state index in [-0.39, 0.29) is 6.61 Å². The van der Waals surface area contributed by atoms with E-state index in [4.69, 9.17) is 21.8 Å². The van der Waals surface area contributed by atoms with Gasteiger partial charge < -0.3 is 10.2 Å². The molecule has 0 aliphatic carbocycles. The number of aliphatic hydroxyl groups is 2. The van der Waals surface area contributed by atoms with Crippen LogP contribution in [-0.4, -0.2) is 38.6 Å². The van der Waals surface area contributed by atoms with Gasteiger partial charge in [0.05, 0.1) is 12.7 Å². The molecule has 1 unspecified atom stereocenters. The van der Waals surface area contributed by atoms with Crippen LogP contribution < -0.4 is 0 Å². The lowest BCUT2D eigenvalue weighted by molar-refractivity contribution is 0.113. The zero-order valence-corrected chi connectivity index (χ0v) is 9.92. The molecule has 4 nitrogen and oxygen atoms in total. The third kappa shape index (κ3) is 4.34. The molecule has 15 heavy (non-hydrogen) atoms. The minimum absolute atomic E-state index is 0.244. The first-order valence-corrected chi connectivity index (χ1v) is 5.97. The summed E-state index contributed by atoms with van der Waals surface area (Å²) in [5.74, 6) is 1.08. The van der Waals surface area contributed by atoms with Gasteiger partial charge in [-0.2, -0.15) is 0 Å². The van der Waals surface area contributed by atoms with Crippen LogP contribution in [0, 0.1) is 0 Å². The molecule has 1 aromatic heterocycles. The Morgan fingerprint density at radius 2 is 2.27 bits per heavy atom. The molecule has 0 aromatic carbocycles. The van der Waals surface area contributed by atoms with Gasteiger partial charge in [-0.25, -0.2) is 9.97 Å². The fourth-order valence-electron chi connectivity index (χ4n) is 0.908. The van der Waals surface area contributed by atoms with Crippen molar-refractivity contribution in [2.24, 2.45) is 0 Å². The van der Waals surface area contributed by atoms with Gasteiger partial charge in [0.2, 0.25) is 0 Å². The molecule has 0 aliphatic heterocycles. The largest absolute Gasteiger partial charge is 0.394 e. The molecule has 0 fully saturated rings. The number of aryl methyl sites for hydroxylation is 1. The van der Waals surface area contributed by atoms with Crippen LogP contribution in [0.3, 0.4) is 0 Å². The van der Waals surface area contributed by atoms with Gasteiger partial charge in [-0.3, -0.25) is 0 Å². The van der Waals surface area contributed by atoms with E-state index in [2.05, 4.69) is 9.97 Å². The fourth-order valence-corrected chi connectivity index (χ4v) is 2.01. The number of hydrogen-bond donors (Lipinski definition) is 2. The number of halogens is 1. The van der Waals surface area contributed by atoms with Crippen LogP contribution in [0.25, 0.3) is 0 Å². The fraction of sp³-hybridized carbons (Fsp3) is 0.556. The Morgan fingerprint density at radius 1 is 1.53 bits per heavy atom. The minimum Gasteiger partial charge on any atom is -0.394 e. The van der Waals surface area contributed by atoms with E-state index < -0.39 is 6.10 Å². The van der Waals surface area contributed by atoms with Crippen molar-refractivity contribution in [1.29, 1.82) is 0 Å². The second-order valence-electron chi connectivity index (χ2n) is 2.95. The predicted molar refractivity (Wildman–Crippen MR) is 60.2 cm³/mol. The lowest BCUT2D eigenvalue weighted by atomic mass is 10.4. The van der Waals surface area contributed by atoms with E-state index in [1.807, 2.05) is 6.92 Å². The molecule has 0 saturated carbocycles. The highest BCUT2D eigenvalue weighted by molar-refractivity contribution is 7.99. The maximum Gasteiger partial charge on any atom is 0.133 e. The van der Waals surface area contributed by atoms with Crippen molar-refractivity contribution in [3.8, 4) is 0 Å². The molecular weight excluding hydrogens is 236 g/mol. The summed E-state index contributed by atoms with van der Waals surface area (Å²) in [6.07, 6.45) is -0.00902. The van der Waals surface area contributed by atoms with E-state index in [9.17, 15) is 0 Å². The summed E-state index contributed by atoms with van der Waals surface area (Å²) >= 11 is 7.15. The van der Waals surface area contributed by atoms with Gasteiger partial charge in [0.1, 0.15) is 16.0 Å². The molecule has 1 aromatic rings. The molecule has 0 bridgehead atoms. The van der Waals surface area contributed by atoms with E-state index in [0.29, 0.717) is 16.7 Å². The Hall–Kier alpha value is -0.360. The van der Waals surface area contributed by atoms with Gasteiger partial charge in [0.25, 0.3) is 0 Å². The van der Waals surface area contributed by atoms with Crippen LogP contribution in [-0.2, 0) is 6.42 Å². The van der Waals surface area contributed by atoms with Crippen LogP contribution in [0.2, 0.25) is 5.15 Å². The van der Waals surface area contributed by atoms with Crippen molar-refractivity contribution in [3.63, 3.8) is 0 Å². The summed E-state index contributed by atoms with van der Waals surface area (Å²) in [7, 11) is 0. The summed E-state index contributed by atoms with van der Waals surface area (Å²) in [4.78, 5) is 8.26. The van der Waals surface area contributed by atoms with Crippen molar-refractivity contribution >= 4 is 23.4 Å². The van der Waals surface area contributed by atoms with E-state index in [1.54, 1.807) is 6.07 Å². The molecule has 1 rings (SSSR count). The molecule has 0 aliphatic rings. The third-order valence-corrected chi connectivity index (χ3v) is 2.92. The third-order valence-electron chi connectivity index (χ3n) is 1.67. The Morgan fingerprint density at radius 3 is 2.87 bits per heavy atom. The average molecular weight is 249 g/mol. The molecule has 0 saturated heterocycles. The second-order valence-corrected chi connectivity index (χ2v) is 4.37. The number of rotatable bonds is 5. The SMILES string of the molecule is CCc1nc(Cl)cc(SCC(O)CO)n1. The monoisotopic (exact) mass is 248 g/mol. The first-order chi connectivity index (χ1) is 7.15. The van der Waals surface area contributed by atoms with E-state index in [1.165, 1.54) is 11.8 Å². The quantitative estimate of drug-likeness (QED) is 0.604. The number of thioether (sulfide) groups is 1. The Bertz CT molecular complexity index is 325. The van der Waals surface area contributed by atoms with Gasteiger partial charge in [-0.15, -0.1) is 11.8 Å². The van der Waals surface area contributed by atoms with Crippen LogP contribution in [0.4, 0.5) is 0 Å². The van der Waals surface area contributed by atoms with Crippen LogP contribution in [0.5, 0.6) is 0 Å². The van der Waals surface area contributed by atoms with Crippen LogP contribution in [0.1, 0.15) is 12.7 Å². The molecular formula is C9H13ClN2O2S. The van der Waals surface area contributed by atoms with Crippen molar-refractivity contribution in [3.05, 3.63) is 17.0 Å². The Balaban J connectivity index is 2.64. The highest BCUT2D eigenvalue weighted by atomic mass is 35.5. The molecule has 1 heterocycles. The van der Waals surface area contributed by atoms with Crippen LogP contribution >= 0.6 is 23.4 Å². The summed E-state index contributed by atoms with van der Waals surface area (Å²) in [6.45, 7) is 1.70. The van der Waals surface area contributed by atoms with Crippen LogP contribution in [0.15, 0.2) is 11.1 Å². The molecule has 1 atom stereocenters. The lowest BCUT2D eigenvalue weighted by Crippen LogP contribution is -2.14. The zero-order chi connectivity index (χ0) is 11.3. The smallest absolute Gasteiger partial charge is 0.133 e. The molecule has 84 valence electrons. The van der Waals surface area contributed by atoms with E-state index in [0.717, 1.165) is 11.4 Å². The number of aliphatic hydroxyl groups excluding tert-OH is 2. The maximum atomic E-state index is 9.17. The number of hydrogen-bond acceptors (Lipinski definition) is 5. The number of aromatic nitrogens is 2. The van der Waals surface area contributed by atoms with E-state index >= 15 is 0 Å². The highest BCUT2D eigenvalue weighted by Gasteiger charge is 2.06. The lowest BCUT2D eigenvalue weighted by Gasteiger charge is -2.06. The Kier molecular flexibility index (Phi) is 5.31. The predicted octanol–water partition coefficient (Wildman–Crippen LogP) is 1.14. The first-order valence-electron chi connectivity index (χ1n) is 4.61. The summed E-state index contributed by atoms with van der Waals surface area (Å²) in [6, 6.07) is 1.65. The maximum absolute atomic E-state index is 9.17. The van der Waals surface area contributed by atoms with Crippen molar-refractivity contribution in [2.75, 3.05) is 12.4 Å². The summed E-state index contributed by atoms with van der Waals surface area (Å²) < 4.78 is 0. The second kappa shape index (κ2) is 6.27. The van der Waals surface area contributed by atoms with Crippen molar-refractivity contribution in [1.82, 2.24) is 9.97 Å². The molecule has 2 N–H and O–H groups in total. The molecule has 0 amide bonds. The van der Waals surface area contributed by atoms with Crippen molar-refractivity contribution in [2.45, 2.75) is 24.5 Å². The summed E-state index contributed by atoms with van der Waals surface area (Å²) in [5, 5.41) is 18.9. The number of nitrogens with zero attached hydrogens (tertiary/aromatic N) is 2. The first kappa shape index (κ1) is 12.7. The minimum atomic E-state index is -0.728. The van der Waals surface area contributed by atoms with Gasteiger partial charge in [-0.1, -0.05) is 18.5 Å². The Labute approximate surface area is 97.7 Å². The average Bonchev–Trinajstić information content (AvgIpc) is 2.25. The molecule has 6 heteroatoms. The van der Waals surface area contributed by atoms with Gasteiger partial charge in [0, 0.05) is 18.2 Å². The van der Waals surface area contributed by atoms with Gasteiger partial charge >= 0.3 is 0 Å². The normalized spacial score (nSPS) is 12.8. The molecule has 0 spiro atoms. The highest BCUT2D eigenvalue weighted by Crippen LogP contribution is 2.19. The standard InChI is InChI=1S/C9H13ClN2O2S/c1-2-8-11-7(10)3-9(12-8)15-5-6(14)4-13/h3,6,13-14H,2,4-5H2,1H3. The van der Waals surface area contributed by atoms with Crippen molar-refractivity contribution < 1.29 is 10.2 Å². The summed E-state index contributed by atoms with van der Waals surface area (Å²) in [5.41, 5.74) is 0. The zero-order valence-electron chi connectivity index (χ0n) is 8.35.